The van der Waals surface area contributed by atoms with Crippen LogP contribution < -0.4 is 5.32 Å². The van der Waals surface area contributed by atoms with Crippen LogP contribution in [0.1, 0.15) is 18.1 Å². The van der Waals surface area contributed by atoms with Crippen molar-refractivity contribution in [2.75, 3.05) is 26.7 Å². The van der Waals surface area contributed by atoms with Gasteiger partial charge in [0.1, 0.15) is 0 Å². The van der Waals surface area contributed by atoms with E-state index >= 15 is 0 Å². The molecule has 0 unspecified atom stereocenters. The fourth-order valence-corrected chi connectivity index (χ4v) is 1.56. The standard InChI is InChI=1S/C14H22N2O/c1-4-15-9-10-16(3)14(17)11-13-7-5-12(2)6-8-13/h5-8,15H,4,9-11H2,1-3H3. The Labute approximate surface area is 104 Å². The zero-order valence-electron chi connectivity index (χ0n) is 11.0. The highest BCUT2D eigenvalue weighted by atomic mass is 16.2. The van der Waals surface area contributed by atoms with Gasteiger partial charge in [0.15, 0.2) is 0 Å². The first-order valence-electron chi connectivity index (χ1n) is 6.13. The molecule has 1 rings (SSSR count). The second-order valence-corrected chi connectivity index (χ2v) is 4.33. The van der Waals surface area contributed by atoms with Gasteiger partial charge in [-0.2, -0.15) is 0 Å². The van der Waals surface area contributed by atoms with Crippen LogP contribution in [0.25, 0.3) is 0 Å². The van der Waals surface area contributed by atoms with Crippen molar-refractivity contribution < 1.29 is 4.79 Å². The molecule has 0 fully saturated rings. The minimum atomic E-state index is 0.173. The van der Waals surface area contributed by atoms with Crippen molar-refractivity contribution in [1.29, 1.82) is 0 Å². The van der Waals surface area contributed by atoms with Crippen LogP contribution in [0.4, 0.5) is 0 Å². The highest BCUT2D eigenvalue weighted by Crippen LogP contribution is 2.05. The molecule has 0 aliphatic carbocycles. The summed E-state index contributed by atoms with van der Waals surface area (Å²) in [6, 6.07) is 8.12. The number of nitrogens with one attached hydrogen (secondary N) is 1. The molecule has 0 saturated heterocycles. The molecule has 0 spiro atoms. The monoisotopic (exact) mass is 234 g/mol. The smallest absolute Gasteiger partial charge is 0.226 e. The Morgan fingerprint density at radius 1 is 1.29 bits per heavy atom. The molecule has 3 nitrogen and oxygen atoms in total. The Bertz CT molecular complexity index is 346. The van der Waals surface area contributed by atoms with Crippen molar-refractivity contribution in [2.24, 2.45) is 0 Å². The summed E-state index contributed by atoms with van der Waals surface area (Å²) >= 11 is 0. The second-order valence-electron chi connectivity index (χ2n) is 4.33. The highest BCUT2D eigenvalue weighted by Gasteiger charge is 2.08. The molecule has 1 aromatic rings. The van der Waals surface area contributed by atoms with Crippen molar-refractivity contribution >= 4 is 5.91 Å². The van der Waals surface area contributed by atoms with E-state index in [1.54, 1.807) is 4.90 Å². The maximum atomic E-state index is 11.9. The van der Waals surface area contributed by atoms with Gasteiger partial charge in [0.25, 0.3) is 0 Å². The molecule has 0 atom stereocenters. The van der Waals surface area contributed by atoms with Crippen LogP contribution in [0.3, 0.4) is 0 Å². The van der Waals surface area contributed by atoms with Gasteiger partial charge in [-0.1, -0.05) is 36.8 Å². The van der Waals surface area contributed by atoms with E-state index in [1.165, 1.54) is 5.56 Å². The van der Waals surface area contributed by atoms with E-state index in [0.717, 1.165) is 25.2 Å². The molecule has 0 aliphatic heterocycles. The van der Waals surface area contributed by atoms with E-state index in [2.05, 4.69) is 12.2 Å². The lowest BCUT2D eigenvalue weighted by Gasteiger charge is -2.17. The molecule has 0 saturated carbocycles. The van der Waals surface area contributed by atoms with Gasteiger partial charge in [-0.25, -0.2) is 0 Å². The topological polar surface area (TPSA) is 32.3 Å². The third-order valence-corrected chi connectivity index (χ3v) is 2.78. The first-order valence-corrected chi connectivity index (χ1v) is 6.13. The van der Waals surface area contributed by atoms with Crippen molar-refractivity contribution in [3.8, 4) is 0 Å². The van der Waals surface area contributed by atoms with Gasteiger partial charge in [0.05, 0.1) is 6.42 Å². The third kappa shape index (κ3) is 5.00. The van der Waals surface area contributed by atoms with Gasteiger partial charge in [0, 0.05) is 20.1 Å². The lowest BCUT2D eigenvalue weighted by molar-refractivity contribution is -0.129. The fourth-order valence-electron chi connectivity index (χ4n) is 1.56. The number of amides is 1. The molecule has 1 aromatic carbocycles. The van der Waals surface area contributed by atoms with Crippen LogP contribution in [-0.4, -0.2) is 37.5 Å². The number of benzene rings is 1. The molecule has 0 aromatic heterocycles. The lowest BCUT2D eigenvalue weighted by Crippen LogP contribution is -2.34. The van der Waals surface area contributed by atoms with E-state index in [1.807, 2.05) is 38.2 Å². The van der Waals surface area contributed by atoms with Gasteiger partial charge < -0.3 is 10.2 Å². The quantitative estimate of drug-likeness (QED) is 0.758. The van der Waals surface area contributed by atoms with Crippen molar-refractivity contribution in [3.63, 3.8) is 0 Å². The summed E-state index contributed by atoms with van der Waals surface area (Å²) in [7, 11) is 1.86. The zero-order valence-corrected chi connectivity index (χ0v) is 11.0. The minimum Gasteiger partial charge on any atom is -0.344 e. The summed E-state index contributed by atoms with van der Waals surface area (Å²) in [6.07, 6.45) is 0.489. The van der Waals surface area contributed by atoms with E-state index < -0.39 is 0 Å². The Balaban J connectivity index is 2.40. The van der Waals surface area contributed by atoms with Gasteiger partial charge in [-0.15, -0.1) is 0 Å². The molecular weight excluding hydrogens is 212 g/mol. The number of nitrogens with zero attached hydrogens (tertiary/aromatic N) is 1. The predicted octanol–water partition coefficient (Wildman–Crippen LogP) is 1.61. The van der Waals surface area contributed by atoms with Crippen molar-refractivity contribution in [3.05, 3.63) is 35.4 Å². The summed E-state index contributed by atoms with van der Waals surface area (Å²) in [5.41, 5.74) is 2.30. The average Bonchev–Trinajstić information content (AvgIpc) is 2.32. The molecule has 3 heteroatoms. The fraction of sp³-hybridized carbons (Fsp3) is 0.500. The van der Waals surface area contributed by atoms with E-state index in [4.69, 9.17) is 0 Å². The molecule has 94 valence electrons. The number of carbonyl (C=O) groups is 1. The van der Waals surface area contributed by atoms with Gasteiger partial charge in [-0.3, -0.25) is 4.79 Å². The minimum absolute atomic E-state index is 0.173. The predicted molar refractivity (Wildman–Crippen MR) is 71.1 cm³/mol. The normalized spacial score (nSPS) is 10.3. The Morgan fingerprint density at radius 2 is 1.94 bits per heavy atom. The molecule has 1 N–H and O–H groups in total. The van der Waals surface area contributed by atoms with E-state index in [0.29, 0.717) is 6.42 Å². The first-order chi connectivity index (χ1) is 8.13. The van der Waals surface area contributed by atoms with Crippen LogP contribution in [-0.2, 0) is 11.2 Å². The largest absolute Gasteiger partial charge is 0.344 e. The Hall–Kier alpha value is -1.35. The van der Waals surface area contributed by atoms with Crippen molar-refractivity contribution in [2.45, 2.75) is 20.3 Å². The molecule has 0 bridgehead atoms. The molecular formula is C14H22N2O. The number of aryl methyl sites for hydroxylation is 1. The number of hydrogen-bond donors (Lipinski definition) is 1. The number of likely N-dealkylation sites (N-methyl/N-ethyl adjacent to an activating group) is 2. The number of rotatable bonds is 6. The summed E-state index contributed by atoms with van der Waals surface area (Å²) < 4.78 is 0. The van der Waals surface area contributed by atoms with Gasteiger partial charge >= 0.3 is 0 Å². The SMILES string of the molecule is CCNCCN(C)C(=O)Cc1ccc(C)cc1. The molecule has 0 heterocycles. The van der Waals surface area contributed by atoms with Crippen LogP contribution >= 0.6 is 0 Å². The van der Waals surface area contributed by atoms with Gasteiger partial charge in [0.2, 0.25) is 5.91 Å². The summed E-state index contributed by atoms with van der Waals surface area (Å²) in [6.45, 7) is 6.67. The Morgan fingerprint density at radius 3 is 2.53 bits per heavy atom. The summed E-state index contributed by atoms with van der Waals surface area (Å²) in [5.74, 6) is 0.173. The van der Waals surface area contributed by atoms with Crippen LogP contribution in [0.15, 0.2) is 24.3 Å². The molecule has 0 radical (unpaired) electrons. The third-order valence-electron chi connectivity index (χ3n) is 2.78. The average molecular weight is 234 g/mol. The van der Waals surface area contributed by atoms with Gasteiger partial charge in [-0.05, 0) is 19.0 Å². The maximum Gasteiger partial charge on any atom is 0.226 e. The second kappa shape index (κ2) is 7.07. The molecule has 17 heavy (non-hydrogen) atoms. The van der Waals surface area contributed by atoms with Crippen LogP contribution in [0.2, 0.25) is 0 Å². The molecule has 0 aliphatic rings. The van der Waals surface area contributed by atoms with Crippen molar-refractivity contribution in [1.82, 2.24) is 10.2 Å². The van der Waals surface area contributed by atoms with E-state index in [9.17, 15) is 4.79 Å². The van der Waals surface area contributed by atoms with E-state index in [-0.39, 0.29) is 5.91 Å². The lowest BCUT2D eigenvalue weighted by atomic mass is 10.1. The first kappa shape index (κ1) is 13.7. The Kier molecular flexibility index (Phi) is 5.70. The summed E-state index contributed by atoms with van der Waals surface area (Å²) in [5, 5.41) is 3.21. The summed E-state index contributed by atoms with van der Waals surface area (Å²) in [4.78, 5) is 13.7. The number of hydrogen-bond acceptors (Lipinski definition) is 2. The van der Waals surface area contributed by atoms with Crippen LogP contribution in [0.5, 0.6) is 0 Å². The number of carbonyl (C=O) groups excluding carboxylic acids is 1. The zero-order chi connectivity index (χ0) is 12.7. The maximum absolute atomic E-state index is 11.9. The highest BCUT2D eigenvalue weighted by molar-refractivity contribution is 5.78. The molecule has 1 amide bonds. The van der Waals surface area contributed by atoms with Crippen LogP contribution in [0, 0.1) is 6.92 Å².